The second kappa shape index (κ2) is 4.90. The largest absolute Gasteiger partial charge is 0.399 e. The molecule has 0 spiro atoms. The van der Waals surface area contributed by atoms with Crippen molar-refractivity contribution in [1.29, 1.82) is 0 Å². The van der Waals surface area contributed by atoms with Crippen molar-refractivity contribution in [3.63, 3.8) is 0 Å². The summed E-state index contributed by atoms with van der Waals surface area (Å²) in [6.07, 6.45) is 1.90. The van der Waals surface area contributed by atoms with Crippen molar-refractivity contribution in [2.24, 2.45) is 0 Å². The summed E-state index contributed by atoms with van der Waals surface area (Å²) < 4.78 is 1.04. The SMILES string of the molecule is Nc1ccc(NC2CCCNC2=O)c(I)c1. The van der Waals surface area contributed by atoms with Crippen molar-refractivity contribution in [3.8, 4) is 0 Å². The second-order valence-electron chi connectivity index (χ2n) is 3.87. The summed E-state index contributed by atoms with van der Waals surface area (Å²) in [4.78, 5) is 11.6. The van der Waals surface area contributed by atoms with Gasteiger partial charge in [0.2, 0.25) is 5.91 Å². The van der Waals surface area contributed by atoms with Crippen LogP contribution >= 0.6 is 22.6 Å². The molecular formula is C11H14IN3O. The second-order valence-corrected chi connectivity index (χ2v) is 5.03. The molecule has 4 nitrogen and oxygen atoms in total. The van der Waals surface area contributed by atoms with Crippen molar-refractivity contribution < 1.29 is 4.79 Å². The number of piperidine rings is 1. The number of rotatable bonds is 2. The minimum atomic E-state index is -0.120. The summed E-state index contributed by atoms with van der Waals surface area (Å²) in [5.41, 5.74) is 7.38. The average Bonchev–Trinajstić information content (AvgIpc) is 2.25. The molecule has 1 unspecified atom stereocenters. The quantitative estimate of drug-likeness (QED) is 0.569. The van der Waals surface area contributed by atoms with E-state index in [1.54, 1.807) is 0 Å². The molecule has 16 heavy (non-hydrogen) atoms. The number of carbonyl (C=O) groups excluding carboxylic acids is 1. The molecule has 2 rings (SSSR count). The molecule has 5 heteroatoms. The molecule has 1 saturated heterocycles. The number of hydrogen-bond donors (Lipinski definition) is 3. The number of nitrogens with one attached hydrogen (secondary N) is 2. The van der Waals surface area contributed by atoms with E-state index in [1.807, 2.05) is 18.2 Å². The number of nitrogen functional groups attached to an aromatic ring is 1. The third kappa shape index (κ3) is 2.58. The van der Waals surface area contributed by atoms with Gasteiger partial charge in [-0.1, -0.05) is 0 Å². The Balaban J connectivity index is 2.10. The lowest BCUT2D eigenvalue weighted by Crippen LogP contribution is -2.44. The molecule has 0 aromatic heterocycles. The smallest absolute Gasteiger partial charge is 0.242 e. The minimum Gasteiger partial charge on any atom is -0.399 e. The lowest BCUT2D eigenvalue weighted by atomic mass is 10.1. The van der Waals surface area contributed by atoms with Crippen LogP contribution in [0.15, 0.2) is 18.2 Å². The molecule has 0 bridgehead atoms. The van der Waals surface area contributed by atoms with Gasteiger partial charge in [0, 0.05) is 21.5 Å². The number of benzene rings is 1. The van der Waals surface area contributed by atoms with Crippen LogP contribution in [0.2, 0.25) is 0 Å². The standard InChI is InChI=1S/C11H14IN3O/c12-8-6-7(13)3-4-9(8)15-10-2-1-5-14-11(10)16/h3-4,6,10,15H,1-2,5,13H2,(H,14,16). The maximum atomic E-state index is 11.6. The topological polar surface area (TPSA) is 67.2 Å². The molecule has 1 atom stereocenters. The third-order valence-corrected chi connectivity index (χ3v) is 3.50. The number of nitrogens with two attached hydrogens (primary N) is 1. The first kappa shape index (κ1) is 11.5. The molecule has 0 aliphatic carbocycles. The van der Waals surface area contributed by atoms with E-state index < -0.39 is 0 Å². The van der Waals surface area contributed by atoms with E-state index in [9.17, 15) is 4.79 Å². The number of anilines is 2. The predicted molar refractivity (Wildman–Crippen MR) is 73.2 cm³/mol. The van der Waals surface area contributed by atoms with Crippen molar-refractivity contribution in [1.82, 2.24) is 5.32 Å². The maximum absolute atomic E-state index is 11.6. The van der Waals surface area contributed by atoms with Crippen molar-refractivity contribution in [2.75, 3.05) is 17.6 Å². The molecule has 1 aliphatic rings. The van der Waals surface area contributed by atoms with E-state index >= 15 is 0 Å². The van der Waals surface area contributed by atoms with Gasteiger partial charge < -0.3 is 16.4 Å². The van der Waals surface area contributed by atoms with E-state index in [4.69, 9.17) is 5.73 Å². The molecule has 1 aromatic rings. The molecule has 1 fully saturated rings. The fraction of sp³-hybridized carbons (Fsp3) is 0.364. The summed E-state index contributed by atoms with van der Waals surface area (Å²) in [6.45, 7) is 0.788. The minimum absolute atomic E-state index is 0.0823. The maximum Gasteiger partial charge on any atom is 0.242 e. The van der Waals surface area contributed by atoms with Gasteiger partial charge in [0.15, 0.2) is 0 Å². The number of halogens is 1. The Kier molecular flexibility index (Phi) is 3.52. The van der Waals surface area contributed by atoms with E-state index in [1.165, 1.54) is 0 Å². The first-order valence-corrected chi connectivity index (χ1v) is 6.34. The first-order valence-electron chi connectivity index (χ1n) is 5.26. The number of carbonyl (C=O) groups is 1. The van der Waals surface area contributed by atoms with Crippen LogP contribution in [0.3, 0.4) is 0 Å². The Morgan fingerprint density at radius 1 is 1.50 bits per heavy atom. The zero-order valence-corrected chi connectivity index (χ0v) is 11.0. The lowest BCUT2D eigenvalue weighted by molar-refractivity contribution is -0.123. The predicted octanol–water partition coefficient (Wildman–Crippen LogP) is 1.56. The normalized spacial score (nSPS) is 20.3. The molecule has 1 heterocycles. The highest BCUT2D eigenvalue weighted by molar-refractivity contribution is 14.1. The van der Waals surface area contributed by atoms with Crippen LogP contribution in [-0.4, -0.2) is 18.5 Å². The molecule has 4 N–H and O–H groups in total. The van der Waals surface area contributed by atoms with Gasteiger partial charge in [0.25, 0.3) is 0 Å². The van der Waals surface area contributed by atoms with Gasteiger partial charge in [-0.25, -0.2) is 0 Å². The number of amides is 1. The monoisotopic (exact) mass is 331 g/mol. The Morgan fingerprint density at radius 2 is 2.31 bits per heavy atom. The van der Waals surface area contributed by atoms with Gasteiger partial charge in [-0.05, 0) is 53.6 Å². The highest BCUT2D eigenvalue weighted by atomic mass is 127. The fourth-order valence-electron chi connectivity index (χ4n) is 1.75. The van der Waals surface area contributed by atoms with E-state index in [0.29, 0.717) is 0 Å². The van der Waals surface area contributed by atoms with Crippen molar-refractivity contribution in [2.45, 2.75) is 18.9 Å². The van der Waals surface area contributed by atoms with Gasteiger partial charge in [0.1, 0.15) is 6.04 Å². The van der Waals surface area contributed by atoms with Crippen molar-refractivity contribution in [3.05, 3.63) is 21.8 Å². The fourth-order valence-corrected chi connectivity index (χ4v) is 2.44. The zero-order chi connectivity index (χ0) is 11.5. The molecule has 1 amide bonds. The van der Waals surface area contributed by atoms with Gasteiger partial charge in [-0.2, -0.15) is 0 Å². The molecule has 86 valence electrons. The summed E-state index contributed by atoms with van der Waals surface area (Å²) in [5, 5.41) is 6.11. The van der Waals surface area contributed by atoms with Gasteiger partial charge in [-0.15, -0.1) is 0 Å². The Morgan fingerprint density at radius 3 is 3.00 bits per heavy atom. The van der Waals surface area contributed by atoms with E-state index in [2.05, 4.69) is 33.2 Å². The van der Waals surface area contributed by atoms with E-state index in [-0.39, 0.29) is 11.9 Å². The Labute approximate surface area is 108 Å². The van der Waals surface area contributed by atoms with Crippen molar-refractivity contribution >= 4 is 39.9 Å². The molecule has 1 aliphatic heterocycles. The average molecular weight is 331 g/mol. The third-order valence-electron chi connectivity index (χ3n) is 2.61. The van der Waals surface area contributed by atoms with Gasteiger partial charge in [0.05, 0.1) is 0 Å². The van der Waals surface area contributed by atoms with Crippen LogP contribution in [0.5, 0.6) is 0 Å². The van der Waals surface area contributed by atoms with Crippen LogP contribution in [0.1, 0.15) is 12.8 Å². The highest BCUT2D eigenvalue weighted by Gasteiger charge is 2.21. The van der Waals surface area contributed by atoms with E-state index in [0.717, 1.165) is 34.3 Å². The summed E-state index contributed by atoms with van der Waals surface area (Å²) >= 11 is 2.21. The Hall–Kier alpha value is -0.980. The summed E-state index contributed by atoms with van der Waals surface area (Å²) in [7, 11) is 0. The van der Waals surface area contributed by atoms with Crippen LogP contribution in [-0.2, 0) is 4.79 Å². The Bertz CT molecular complexity index is 408. The lowest BCUT2D eigenvalue weighted by Gasteiger charge is -2.24. The first-order chi connectivity index (χ1) is 7.66. The van der Waals surface area contributed by atoms with Crippen LogP contribution in [0, 0.1) is 3.57 Å². The molecule has 0 saturated carbocycles. The number of hydrogen-bond acceptors (Lipinski definition) is 3. The highest BCUT2D eigenvalue weighted by Crippen LogP contribution is 2.22. The molecular weight excluding hydrogens is 317 g/mol. The molecule has 1 aromatic carbocycles. The zero-order valence-electron chi connectivity index (χ0n) is 8.79. The summed E-state index contributed by atoms with van der Waals surface area (Å²) in [5.74, 6) is 0.0823. The van der Waals surface area contributed by atoms with Gasteiger partial charge >= 0.3 is 0 Å². The van der Waals surface area contributed by atoms with Crippen LogP contribution in [0.25, 0.3) is 0 Å². The summed E-state index contributed by atoms with van der Waals surface area (Å²) in [6, 6.07) is 5.53. The van der Waals surface area contributed by atoms with Gasteiger partial charge in [-0.3, -0.25) is 4.79 Å². The van der Waals surface area contributed by atoms with Crippen LogP contribution in [0.4, 0.5) is 11.4 Å². The molecule has 0 radical (unpaired) electrons. The van der Waals surface area contributed by atoms with Crippen LogP contribution < -0.4 is 16.4 Å².